The summed E-state index contributed by atoms with van der Waals surface area (Å²) >= 11 is 0. The largest absolute Gasteiger partial charge is 0.489 e. The van der Waals surface area contributed by atoms with E-state index in [1.54, 1.807) is 0 Å². The Morgan fingerprint density at radius 1 is 0.591 bits per heavy atom. The Labute approximate surface area is 131 Å². The first-order chi connectivity index (χ1) is 10.9. The van der Waals surface area contributed by atoms with Crippen molar-refractivity contribution in [3.05, 3.63) is 48.5 Å². The molecule has 0 fully saturated rings. The third-order valence-corrected chi connectivity index (χ3v) is 3.74. The van der Waals surface area contributed by atoms with E-state index in [0.29, 0.717) is 13.2 Å². The summed E-state index contributed by atoms with van der Waals surface area (Å²) in [6, 6.07) is 16.8. The molecule has 114 valence electrons. The summed E-state index contributed by atoms with van der Waals surface area (Å²) < 4.78 is 12.2. The van der Waals surface area contributed by atoms with E-state index >= 15 is 0 Å². The van der Waals surface area contributed by atoms with Gasteiger partial charge in [-0.1, -0.05) is 62.4 Å². The first kappa shape index (κ1) is 14.7. The Bertz CT molecular complexity index is 710. The van der Waals surface area contributed by atoms with Crippen molar-refractivity contribution in [1.29, 1.82) is 0 Å². The van der Waals surface area contributed by atoms with E-state index in [1.165, 1.54) is 10.8 Å². The molecule has 2 nitrogen and oxygen atoms in total. The first-order valence-electron chi connectivity index (χ1n) is 8.05. The molecule has 0 unspecified atom stereocenters. The molecule has 3 aromatic rings. The summed E-state index contributed by atoms with van der Waals surface area (Å²) in [5, 5.41) is 4.68. The van der Waals surface area contributed by atoms with Gasteiger partial charge < -0.3 is 9.47 Å². The predicted molar refractivity (Wildman–Crippen MR) is 93.0 cm³/mol. The van der Waals surface area contributed by atoms with Crippen LogP contribution in [0.25, 0.3) is 21.5 Å². The van der Waals surface area contributed by atoms with Gasteiger partial charge in [-0.15, -0.1) is 0 Å². The van der Waals surface area contributed by atoms with Crippen molar-refractivity contribution in [2.45, 2.75) is 26.7 Å². The van der Waals surface area contributed by atoms with Gasteiger partial charge in [0, 0.05) is 10.8 Å². The number of rotatable bonds is 6. The van der Waals surface area contributed by atoms with E-state index < -0.39 is 0 Å². The number of ether oxygens (including phenoxy) is 2. The lowest BCUT2D eigenvalue weighted by molar-refractivity contribution is 0.274. The van der Waals surface area contributed by atoms with Crippen LogP contribution >= 0.6 is 0 Å². The molecule has 0 atom stereocenters. The zero-order valence-electron chi connectivity index (χ0n) is 13.3. The minimum Gasteiger partial charge on any atom is -0.489 e. The summed E-state index contributed by atoms with van der Waals surface area (Å²) in [7, 11) is 0. The third-order valence-electron chi connectivity index (χ3n) is 3.74. The lowest BCUT2D eigenvalue weighted by Crippen LogP contribution is -2.02. The molecule has 2 heteroatoms. The van der Waals surface area contributed by atoms with Crippen LogP contribution in [0.5, 0.6) is 11.5 Å². The summed E-state index contributed by atoms with van der Waals surface area (Å²) in [5.74, 6) is 1.76. The normalized spacial score (nSPS) is 11.0. The Balaban J connectivity index is 2.32. The molecule has 0 radical (unpaired) electrons. The standard InChI is InChI=1S/C20H22O2/c1-3-13-21-19-17-11-7-5-9-15(17)16-10-6-8-12-18(16)20(19)22-14-4-2/h5-12H,3-4,13-14H2,1-2H3. The van der Waals surface area contributed by atoms with E-state index in [4.69, 9.17) is 9.47 Å². The van der Waals surface area contributed by atoms with Crippen LogP contribution < -0.4 is 9.47 Å². The Hall–Kier alpha value is -2.22. The van der Waals surface area contributed by atoms with Crippen LogP contribution in [0.15, 0.2) is 48.5 Å². The molecular formula is C20H22O2. The summed E-state index contributed by atoms with van der Waals surface area (Å²) in [5.41, 5.74) is 0. The second-order valence-electron chi connectivity index (χ2n) is 5.45. The number of hydrogen-bond donors (Lipinski definition) is 0. The monoisotopic (exact) mass is 294 g/mol. The van der Waals surface area contributed by atoms with Crippen molar-refractivity contribution < 1.29 is 9.47 Å². The van der Waals surface area contributed by atoms with Crippen LogP contribution in [-0.4, -0.2) is 13.2 Å². The molecule has 0 bridgehead atoms. The van der Waals surface area contributed by atoms with Gasteiger partial charge in [-0.25, -0.2) is 0 Å². The van der Waals surface area contributed by atoms with Crippen molar-refractivity contribution in [2.75, 3.05) is 13.2 Å². The van der Waals surface area contributed by atoms with Gasteiger partial charge in [0.1, 0.15) is 0 Å². The fourth-order valence-corrected chi connectivity index (χ4v) is 2.77. The summed E-state index contributed by atoms with van der Waals surface area (Å²) in [4.78, 5) is 0. The molecule has 0 aliphatic carbocycles. The van der Waals surface area contributed by atoms with Crippen molar-refractivity contribution in [1.82, 2.24) is 0 Å². The van der Waals surface area contributed by atoms with E-state index in [1.807, 2.05) is 0 Å². The predicted octanol–water partition coefficient (Wildman–Crippen LogP) is 5.57. The molecule has 0 N–H and O–H groups in total. The SMILES string of the molecule is CCCOc1c(OCCC)c2ccccc2c2ccccc12. The number of hydrogen-bond acceptors (Lipinski definition) is 2. The van der Waals surface area contributed by atoms with Gasteiger partial charge in [-0.2, -0.15) is 0 Å². The van der Waals surface area contributed by atoms with Crippen molar-refractivity contribution in [3.8, 4) is 11.5 Å². The van der Waals surface area contributed by atoms with Crippen LogP contribution in [0, 0.1) is 0 Å². The highest BCUT2D eigenvalue weighted by molar-refractivity contribution is 6.13. The van der Waals surface area contributed by atoms with Crippen molar-refractivity contribution >= 4 is 21.5 Å². The molecule has 0 spiro atoms. The molecule has 0 aliphatic heterocycles. The van der Waals surface area contributed by atoms with Gasteiger partial charge in [0.15, 0.2) is 11.5 Å². The van der Waals surface area contributed by atoms with Crippen molar-refractivity contribution in [2.24, 2.45) is 0 Å². The van der Waals surface area contributed by atoms with Crippen molar-refractivity contribution in [3.63, 3.8) is 0 Å². The van der Waals surface area contributed by atoms with Crippen LogP contribution in [0.3, 0.4) is 0 Å². The second-order valence-corrected chi connectivity index (χ2v) is 5.45. The Kier molecular flexibility index (Phi) is 4.47. The Morgan fingerprint density at radius 2 is 0.955 bits per heavy atom. The molecule has 22 heavy (non-hydrogen) atoms. The Morgan fingerprint density at radius 3 is 1.32 bits per heavy atom. The fraction of sp³-hybridized carbons (Fsp3) is 0.300. The molecular weight excluding hydrogens is 272 g/mol. The molecule has 3 aromatic carbocycles. The number of benzene rings is 3. The highest BCUT2D eigenvalue weighted by atomic mass is 16.5. The molecule has 0 aliphatic rings. The van der Waals surface area contributed by atoms with Gasteiger partial charge in [0.25, 0.3) is 0 Å². The second kappa shape index (κ2) is 6.69. The van der Waals surface area contributed by atoms with E-state index in [-0.39, 0.29) is 0 Å². The lowest BCUT2D eigenvalue weighted by Gasteiger charge is -2.18. The molecule has 0 heterocycles. The molecule has 3 rings (SSSR count). The van der Waals surface area contributed by atoms with Gasteiger partial charge >= 0.3 is 0 Å². The van der Waals surface area contributed by atoms with Crippen LogP contribution in [0.2, 0.25) is 0 Å². The minimum atomic E-state index is 0.699. The zero-order chi connectivity index (χ0) is 15.4. The quantitative estimate of drug-likeness (QED) is 0.553. The van der Waals surface area contributed by atoms with E-state index in [0.717, 1.165) is 35.1 Å². The average Bonchev–Trinajstić information content (AvgIpc) is 2.58. The smallest absolute Gasteiger partial charge is 0.169 e. The van der Waals surface area contributed by atoms with Gasteiger partial charge in [-0.05, 0) is 23.6 Å². The highest BCUT2D eigenvalue weighted by Crippen LogP contribution is 2.43. The van der Waals surface area contributed by atoms with E-state index in [9.17, 15) is 0 Å². The van der Waals surface area contributed by atoms with Crippen LogP contribution in [0.4, 0.5) is 0 Å². The molecule has 0 aromatic heterocycles. The van der Waals surface area contributed by atoms with Gasteiger partial charge in [0.2, 0.25) is 0 Å². The molecule has 0 saturated carbocycles. The van der Waals surface area contributed by atoms with Gasteiger partial charge in [-0.3, -0.25) is 0 Å². The summed E-state index contributed by atoms with van der Waals surface area (Å²) in [6.07, 6.45) is 1.96. The summed E-state index contributed by atoms with van der Waals surface area (Å²) in [6.45, 7) is 5.64. The minimum absolute atomic E-state index is 0.699. The van der Waals surface area contributed by atoms with E-state index in [2.05, 4.69) is 62.4 Å². The third kappa shape index (κ3) is 2.61. The topological polar surface area (TPSA) is 18.5 Å². The first-order valence-corrected chi connectivity index (χ1v) is 8.05. The maximum absolute atomic E-state index is 6.08. The fourth-order valence-electron chi connectivity index (χ4n) is 2.77. The van der Waals surface area contributed by atoms with Gasteiger partial charge in [0.05, 0.1) is 13.2 Å². The van der Waals surface area contributed by atoms with Crippen LogP contribution in [-0.2, 0) is 0 Å². The molecule has 0 amide bonds. The maximum Gasteiger partial charge on any atom is 0.169 e. The average molecular weight is 294 g/mol. The maximum atomic E-state index is 6.08. The number of fused-ring (bicyclic) bond motifs is 3. The lowest BCUT2D eigenvalue weighted by atomic mass is 10.00. The molecule has 0 saturated heterocycles. The van der Waals surface area contributed by atoms with Crippen LogP contribution in [0.1, 0.15) is 26.7 Å². The highest BCUT2D eigenvalue weighted by Gasteiger charge is 2.16. The zero-order valence-corrected chi connectivity index (χ0v) is 13.3.